The Balaban J connectivity index is 1.71. The summed E-state index contributed by atoms with van der Waals surface area (Å²) in [5.74, 6) is 2.04. The Morgan fingerprint density at radius 1 is 1.27 bits per heavy atom. The van der Waals surface area contributed by atoms with Gasteiger partial charge in [-0.1, -0.05) is 12.1 Å². The number of benzene rings is 1. The Hall–Kier alpha value is -2.74. The summed E-state index contributed by atoms with van der Waals surface area (Å²) in [6.45, 7) is 1.49. The largest absolute Gasteiger partial charge is 0.494 e. The van der Waals surface area contributed by atoms with E-state index in [1.165, 1.54) is 0 Å². The average molecular weight is 356 g/mol. The number of alkyl halides is 1. The number of hydrogen-bond donors (Lipinski definition) is 1. The van der Waals surface area contributed by atoms with Crippen LogP contribution in [0.5, 0.6) is 5.75 Å². The van der Waals surface area contributed by atoms with Crippen molar-refractivity contribution in [2.24, 2.45) is 5.73 Å². The van der Waals surface area contributed by atoms with Gasteiger partial charge in [-0.15, -0.1) is 0 Å². The van der Waals surface area contributed by atoms with Gasteiger partial charge in [0.2, 0.25) is 5.95 Å². The molecule has 0 bridgehead atoms. The first kappa shape index (κ1) is 16.7. The highest BCUT2D eigenvalue weighted by Crippen LogP contribution is 2.26. The standard InChI is InChI=1S/C18H21FN6O/c1-26-12-8-21-17(22-9-12)11-25-16-5-3-2-4-15(16)23-18(25)24-7-6-13(19)14(20)10-24/h2-5,8-9,13-14H,6-7,10-11,20H2,1H3. The summed E-state index contributed by atoms with van der Waals surface area (Å²) in [5.41, 5.74) is 7.81. The van der Waals surface area contributed by atoms with Crippen LogP contribution in [0.4, 0.5) is 10.3 Å². The van der Waals surface area contributed by atoms with Crippen molar-refractivity contribution < 1.29 is 9.13 Å². The number of hydrogen-bond acceptors (Lipinski definition) is 6. The van der Waals surface area contributed by atoms with E-state index < -0.39 is 12.2 Å². The number of nitrogens with two attached hydrogens (primary N) is 1. The lowest BCUT2D eigenvalue weighted by Crippen LogP contribution is -2.50. The summed E-state index contributed by atoms with van der Waals surface area (Å²) in [4.78, 5) is 15.5. The molecule has 2 atom stereocenters. The van der Waals surface area contributed by atoms with Gasteiger partial charge in [0.05, 0.1) is 43.1 Å². The lowest BCUT2D eigenvalue weighted by Gasteiger charge is -2.34. The molecule has 4 rings (SSSR count). The lowest BCUT2D eigenvalue weighted by atomic mass is 10.1. The van der Waals surface area contributed by atoms with E-state index in [9.17, 15) is 4.39 Å². The van der Waals surface area contributed by atoms with Crippen LogP contribution < -0.4 is 15.4 Å². The van der Waals surface area contributed by atoms with Gasteiger partial charge in [-0.3, -0.25) is 0 Å². The second-order valence-electron chi connectivity index (χ2n) is 6.44. The lowest BCUT2D eigenvalue weighted by molar-refractivity contribution is 0.243. The fraction of sp³-hybridized carbons (Fsp3) is 0.389. The molecule has 1 saturated heterocycles. The Morgan fingerprint density at radius 2 is 2.04 bits per heavy atom. The van der Waals surface area contributed by atoms with Gasteiger partial charge in [-0.05, 0) is 18.6 Å². The van der Waals surface area contributed by atoms with Crippen molar-refractivity contribution in [2.75, 3.05) is 25.1 Å². The van der Waals surface area contributed by atoms with Crippen LogP contribution in [0.1, 0.15) is 12.2 Å². The van der Waals surface area contributed by atoms with Gasteiger partial charge < -0.3 is 19.9 Å². The van der Waals surface area contributed by atoms with Gasteiger partial charge >= 0.3 is 0 Å². The van der Waals surface area contributed by atoms with Crippen LogP contribution in [0.2, 0.25) is 0 Å². The molecule has 1 aliphatic heterocycles. The van der Waals surface area contributed by atoms with Crippen LogP contribution in [-0.2, 0) is 6.54 Å². The van der Waals surface area contributed by atoms with Crippen LogP contribution >= 0.6 is 0 Å². The third kappa shape index (κ3) is 3.08. The van der Waals surface area contributed by atoms with E-state index >= 15 is 0 Å². The topological polar surface area (TPSA) is 82.1 Å². The number of anilines is 1. The molecule has 1 fully saturated rings. The van der Waals surface area contributed by atoms with Crippen molar-refractivity contribution in [1.29, 1.82) is 0 Å². The van der Waals surface area contributed by atoms with Crippen molar-refractivity contribution in [3.05, 3.63) is 42.5 Å². The predicted molar refractivity (Wildman–Crippen MR) is 97.1 cm³/mol. The maximum absolute atomic E-state index is 13.8. The zero-order valence-electron chi connectivity index (χ0n) is 14.5. The fourth-order valence-electron chi connectivity index (χ4n) is 3.27. The SMILES string of the molecule is COc1cnc(Cn2c(N3CCC(F)C(N)C3)nc3ccccc32)nc1. The first-order chi connectivity index (χ1) is 12.7. The number of halogens is 1. The third-order valence-corrected chi connectivity index (χ3v) is 4.70. The van der Waals surface area contributed by atoms with Gasteiger partial charge in [0.1, 0.15) is 12.0 Å². The van der Waals surface area contributed by atoms with Gasteiger partial charge in [0, 0.05) is 13.1 Å². The van der Waals surface area contributed by atoms with Gasteiger partial charge in [0.25, 0.3) is 0 Å². The fourth-order valence-corrected chi connectivity index (χ4v) is 3.27. The molecule has 0 amide bonds. The number of piperidine rings is 1. The Kier molecular flexibility index (Phi) is 4.42. The second kappa shape index (κ2) is 6.87. The maximum Gasteiger partial charge on any atom is 0.207 e. The molecule has 26 heavy (non-hydrogen) atoms. The van der Waals surface area contributed by atoms with Crippen molar-refractivity contribution in [2.45, 2.75) is 25.2 Å². The molecule has 3 aromatic rings. The molecule has 0 saturated carbocycles. The summed E-state index contributed by atoms with van der Waals surface area (Å²) in [6, 6.07) is 7.39. The van der Waals surface area contributed by atoms with Crippen molar-refractivity contribution in [3.8, 4) is 5.75 Å². The molecule has 1 aliphatic rings. The average Bonchev–Trinajstić information content (AvgIpc) is 3.03. The van der Waals surface area contributed by atoms with E-state index in [-0.39, 0.29) is 0 Å². The van der Waals surface area contributed by atoms with Gasteiger partial charge in [-0.25, -0.2) is 19.3 Å². The number of rotatable bonds is 4. The highest BCUT2D eigenvalue weighted by molar-refractivity contribution is 5.79. The number of imidazole rings is 1. The van der Waals surface area contributed by atoms with Crippen LogP contribution in [0.15, 0.2) is 36.7 Å². The zero-order valence-corrected chi connectivity index (χ0v) is 14.5. The summed E-state index contributed by atoms with van der Waals surface area (Å²) >= 11 is 0. The van der Waals surface area contributed by atoms with E-state index in [1.807, 2.05) is 29.2 Å². The molecular weight excluding hydrogens is 335 g/mol. The normalized spacial score (nSPS) is 20.5. The Bertz CT molecular complexity index is 896. The molecular formula is C18H21FN6O. The number of aromatic nitrogens is 4. The monoisotopic (exact) mass is 356 g/mol. The molecule has 3 heterocycles. The first-order valence-electron chi connectivity index (χ1n) is 8.60. The van der Waals surface area contributed by atoms with Crippen LogP contribution in [0, 0.1) is 0 Å². The second-order valence-corrected chi connectivity index (χ2v) is 6.44. The molecule has 136 valence electrons. The maximum atomic E-state index is 13.8. The van der Waals surface area contributed by atoms with E-state index in [4.69, 9.17) is 15.5 Å². The van der Waals surface area contributed by atoms with Crippen molar-refractivity contribution in [3.63, 3.8) is 0 Å². The Labute approximate surface area is 150 Å². The van der Waals surface area contributed by atoms with Crippen molar-refractivity contribution in [1.82, 2.24) is 19.5 Å². The molecule has 2 aromatic heterocycles. The molecule has 7 nitrogen and oxygen atoms in total. The van der Waals surface area contributed by atoms with Gasteiger partial charge in [0.15, 0.2) is 5.75 Å². The first-order valence-corrected chi connectivity index (χ1v) is 8.60. The molecule has 0 spiro atoms. The number of fused-ring (bicyclic) bond motifs is 1. The van der Waals surface area contributed by atoms with Crippen LogP contribution in [-0.4, -0.2) is 51.9 Å². The predicted octanol–water partition coefficient (Wildman–Crippen LogP) is 1.76. The minimum Gasteiger partial charge on any atom is -0.494 e. The number of methoxy groups -OCH3 is 1. The molecule has 0 aliphatic carbocycles. The minimum absolute atomic E-state index is 0.406. The molecule has 8 heteroatoms. The number of ether oxygens (including phenoxy) is 1. The summed E-state index contributed by atoms with van der Waals surface area (Å²) < 4.78 is 21.0. The molecule has 2 unspecified atom stereocenters. The van der Waals surface area contributed by atoms with Crippen LogP contribution in [0.3, 0.4) is 0 Å². The van der Waals surface area contributed by atoms with E-state index in [0.29, 0.717) is 37.6 Å². The Morgan fingerprint density at radius 3 is 2.77 bits per heavy atom. The van der Waals surface area contributed by atoms with E-state index in [0.717, 1.165) is 17.0 Å². The third-order valence-electron chi connectivity index (χ3n) is 4.70. The summed E-state index contributed by atoms with van der Waals surface area (Å²) in [6.07, 6.45) is 2.73. The molecule has 0 radical (unpaired) electrons. The zero-order chi connectivity index (χ0) is 18.1. The van der Waals surface area contributed by atoms with Crippen LogP contribution in [0.25, 0.3) is 11.0 Å². The molecule has 2 N–H and O–H groups in total. The quantitative estimate of drug-likeness (QED) is 0.767. The molecule has 1 aromatic carbocycles. The summed E-state index contributed by atoms with van der Waals surface area (Å²) in [5, 5.41) is 0. The van der Waals surface area contributed by atoms with E-state index in [1.54, 1.807) is 19.5 Å². The number of nitrogens with zero attached hydrogens (tertiary/aromatic N) is 5. The highest BCUT2D eigenvalue weighted by Gasteiger charge is 2.29. The minimum atomic E-state index is -0.964. The van der Waals surface area contributed by atoms with E-state index in [2.05, 4.69) is 14.5 Å². The van der Waals surface area contributed by atoms with Gasteiger partial charge in [-0.2, -0.15) is 0 Å². The highest BCUT2D eigenvalue weighted by atomic mass is 19.1. The van der Waals surface area contributed by atoms with Crippen molar-refractivity contribution >= 4 is 17.0 Å². The summed E-state index contributed by atoms with van der Waals surface area (Å²) in [7, 11) is 1.58. The smallest absolute Gasteiger partial charge is 0.207 e. The number of para-hydroxylation sites is 2.